The van der Waals surface area contributed by atoms with E-state index in [1.165, 1.54) is 0 Å². The van der Waals surface area contributed by atoms with Crippen LogP contribution in [0, 0.1) is 11.8 Å². The molecule has 0 aliphatic carbocycles. The van der Waals surface area contributed by atoms with Crippen LogP contribution < -0.4 is 16.0 Å². The van der Waals surface area contributed by atoms with Gasteiger partial charge in [-0.1, -0.05) is 72.8 Å². The van der Waals surface area contributed by atoms with Crippen molar-refractivity contribution in [3.8, 4) is 0 Å². The van der Waals surface area contributed by atoms with Crippen molar-refractivity contribution in [3.63, 3.8) is 0 Å². The minimum absolute atomic E-state index is 0.0126. The molecular formula is C36H49N3O7. The number of carbonyl (C=O) groups is 4. The Bertz CT molecular complexity index is 1240. The van der Waals surface area contributed by atoms with Gasteiger partial charge in [-0.05, 0) is 69.4 Å². The molecule has 3 amide bonds. The Hall–Kier alpha value is -4.18. The van der Waals surface area contributed by atoms with Gasteiger partial charge in [0.1, 0.15) is 13.2 Å². The smallest absolute Gasteiger partial charge is 0.407 e. The summed E-state index contributed by atoms with van der Waals surface area (Å²) < 4.78 is 11.1. The third-order valence-electron chi connectivity index (χ3n) is 7.89. The molecule has 0 radical (unpaired) electrons. The molecule has 0 bridgehead atoms. The Morgan fingerprint density at radius 3 is 2.43 bits per heavy atom. The van der Waals surface area contributed by atoms with Gasteiger partial charge in [0.25, 0.3) is 0 Å². The molecule has 250 valence electrons. The van der Waals surface area contributed by atoms with Crippen molar-refractivity contribution in [2.75, 3.05) is 19.8 Å². The minimum Gasteiger partial charge on any atom is -0.463 e. The van der Waals surface area contributed by atoms with E-state index in [9.17, 15) is 24.3 Å². The van der Waals surface area contributed by atoms with Crippen molar-refractivity contribution in [2.24, 2.45) is 11.8 Å². The highest BCUT2D eigenvalue weighted by molar-refractivity contribution is 5.86. The molecule has 10 nitrogen and oxygen atoms in total. The van der Waals surface area contributed by atoms with Crippen LogP contribution in [0.25, 0.3) is 0 Å². The lowest BCUT2D eigenvalue weighted by molar-refractivity contribution is -0.150. The number of benzene rings is 2. The number of aliphatic hydroxyl groups excluding tert-OH is 1. The normalized spacial score (nSPS) is 20.0. The number of alkyl carbamates (subject to hydrolysis) is 1. The number of esters is 1. The third kappa shape index (κ3) is 14.3. The molecule has 46 heavy (non-hydrogen) atoms. The molecular weight excluding hydrogens is 586 g/mol. The van der Waals surface area contributed by atoms with Gasteiger partial charge in [0, 0.05) is 19.0 Å². The number of hydrogen-bond donors (Lipinski definition) is 4. The topological polar surface area (TPSA) is 143 Å². The molecule has 4 unspecified atom stereocenters. The third-order valence-corrected chi connectivity index (χ3v) is 7.89. The van der Waals surface area contributed by atoms with E-state index in [2.05, 4.69) is 16.0 Å². The van der Waals surface area contributed by atoms with Crippen LogP contribution in [-0.4, -0.2) is 60.8 Å². The summed E-state index contributed by atoms with van der Waals surface area (Å²) in [4.78, 5) is 51.4. The molecule has 1 aliphatic heterocycles. The van der Waals surface area contributed by atoms with E-state index in [1.807, 2.05) is 72.8 Å². The second-order valence-corrected chi connectivity index (χ2v) is 11.9. The fourth-order valence-corrected chi connectivity index (χ4v) is 5.25. The van der Waals surface area contributed by atoms with Crippen LogP contribution in [-0.2, 0) is 36.9 Å². The minimum atomic E-state index is -0.616. The SMILES string of the molecule is CC(CO)NC(=O)CC1CC=CCCCC(Cc2ccccc2)C(=O)OCC(CCCCNC(=O)OCc2ccccc2)NC1=O. The number of unbranched alkanes of at least 4 members (excludes halogenated alkanes) is 1. The van der Waals surface area contributed by atoms with E-state index in [0.717, 1.165) is 24.0 Å². The maximum absolute atomic E-state index is 13.5. The van der Waals surface area contributed by atoms with Gasteiger partial charge < -0.3 is 30.5 Å². The summed E-state index contributed by atoms with van der Waals surface area (Å²) in [5.74, 6) is -1.81. The van der Waals surface area contributed by atoms with Gasteiger partial charge in [0.2, 0.25) is 11.8 Å². The number of carbonyl (C=O) groups excluding carboxylic acids is 4. The van der Waals surface area contributed by atoms with E-state index in [-0.39, 0.29) is 49.9 Å². The molecule has 4 atom stereocenters. The highest BCUT2D eigenvalue weighted by Crippen LogP contribution is 2.20. The monoisotopic (exact) mass is 635 g/mol. The van der Waals surface area contributed by atoms with Crippen LogP contribution in [0.15, 0.2) is 72.8 Å². The second-order valence-electron chi connectivity index (χ2n) is 11.9. The number of aliphatic hydroxyl groups is 1. The maximum atomic E-state index is 13.5. The molecule has 10 heteroatoms. The zero-order valence-corrected chi connectivity index (χ0v) is 26.8. The Labute approximate surface area is 272 Å². The second kappa shape index (κ2) is 20.8. The molecule has 3 rings (SSSR count). The molecule has 2 aromatic rings. The summed E-state index contributed by atoms with van der Waals surface area (Å²) in [6, 6.07) is 18.4. The zero-order chi connectivity index (χ0) is 33.0. The van der Waals surface area contributed by atoms with Crippen LogP contribution in [0.1, 0.15) is 69.4 Å². The van der Waals surface area contributed by atoms with E-state index >= 15 is 0 Å². The number of ether oxygens (including phenoxy) is 2. The van der Waals surface area contributed by atoms with Crippen molar-refractivity contribution in [1.82, 2.24) is 16.0 Å². The average molecular weight is 636 g/mol. The lowest BCUT2D eigenvalue weighted by Crippen LogP contribution is -2.44. The lowest BCUT2D eigenvalue weighted by atomic mass is 9.93. The molecule has 1 aliphatic rings. The molecule has 4 N–H and O–H groups in total. The summed E-state index contributed by atoms with van der Waals surface area (Å²) in [5.41, 5.74) is 1.97. The van der Waals surface area contributed by atoms with Crippen molar-refractivity contribution in [2.45, 2.75) is 83.4 Å². The first-order valence-electron chi connectivity index (χ1n) is 16.3. The summed E-state index contributed by atoms with van der Waals surface area (Å²) in [6.07, 6.45) is 8.37. The van der Waals surface area contributed by atoms with Crippen LogP contribution in [0.3, 0.4) is 0 Å². The van der Waals surface area contributed by atoms with Crippen LogP contribution in [0.4, 0.5) is 4.79 Å². The largest absolute Gasteiger partial charge is 0.463 e. The van der Waals surface area contributed by atoms with Crippen molar-refractivity contribution in [1.29, 1.82) is 0 Å². The Morgan fingerprint density at radius 1 is 1.00 bits per heavy atom. The molecule has 0 aromatic heterocycles. The summed E-state index contributed by atoms with van der Waals surface area (Å²) in [6.45, 7) is 2.09. The number of cyclic esters (lactones) is 1. The fourth-order valence-electron chi connectivity index (χ4n) is 5.25. The van der Waals surface area contributed by atoms with Crippen molar-refractivity contribution < 1.29 is 33.8 Å². The van der Waals surface area contributed by atoms with Crippen LogP contribution in [0.5, 0.6) is 0 Å². The molecule has 0 fully saturated rings. The first-order chi connectivity index (χ1) is 22.3. The van der Waals surface area contributed by atoms with Gasteiger partial charge in [-0.15, -0.1) is 0 Å². The first kappa shape index (κ1) is 36.3. The zero-order valence-electron chi connectivity index (χ0n) is 26.8. The number of allylic oxidation sites excluding steroid dienone is 2. The fraction of sp³-hybridized carbons (Fsp3) is 0.500. The molecule has 0 saturated heterocycles. The first-order valence-corrected chi connectivity index (χ1v) is 16.3. The molecule has 0 saturated carbocycles. The van der Waals surface area contributed by atoms with Crippen LogP contribution >= 0.6 is 0 Å². The predicted molar refractivity (Wildman–Crippen MR) is 175 cm³/mol. The lowest BCUT2D eigenvalue weighted by Gasteiger charge is -2.24. The number of amides is 3. The number of hydrogen-bond acceptors (Lipinski definition) is 7. The quantitative estimate of drug-likeness (QED) is 0.143. The van der Waals surface area contributed by atoms with E-state index < -0.39 is 24.1 Å². The van der Waals surface area contributed by atoms with Gasteiger partial charge in [-0.2, -0.15) is 0 Å². The summed E-state index contributed by atoms with van der Waals surface area (Å²) in [7, 11) is 0. The highest BCUT2D eigenvalue weighted by atomic mass is 16.5. The number of nitrogens with one attached hydrogen (secondary N) is 3. The standard InChI is InChI=1S/C36H49N3O7/c1-27(24-40)38-33(41)23-30-18-10-2-3-11-19-31(22-28-14-6-4-7-15-28)35(43)45-26-32(39-34(30)42)20-12-13-21-37-36(44)46-25-29-16-8-5-9-17-29/h2,4-10,14-17,27,30-32,40H,3,11-13,18-26H2,1H3,(H,37,44)(H,38,41)(H,39,42). The highest BCUT2D eigenvalue weighted by Gasteiger charge is 2.26. The molecule has 0 spiro atoms. The van der Waals surface area contributed by atoms with E-state index in [0.29, 0.717) is 45.1 Å². The maximum Gasteiger partial charge on any atom is 0.407 e. The molecule has 1 heterocycles. The van der Waals surface area contributed by atoms with Gasteiger partial charge >= 0.3 is 12.1 Å². The van der Waals surface area contributed by atoms with Gasteiger partial charge in [0.05, 0.1) is 24.5 Å². The predicted octanol–water partition coefficient (Wildman–Crippen LogP) is 4.60. The van der Waals surface area contributed by atoms with Gasteiger partial charge in [-0.3, -0.25) is 14.4 Å². The van der Waals surface area contributed by atoms with E-state index in [4.69, 9.17) is 9.47 Å². The van der Waals surface area contributed by atoms with Crippen LogP contribution in [0.2, 0.25) is 0 Å². The Balaban J connectivity index is 1.60. The summed E-state index contributed by atoms with van der Waals surface area (Å²) >= 11 is 0. The molecule has 2 aromatic carbocycles. The average Bonchev–Trinajstić information content (AvgIpc) is 3.06. The van der Waals surface area contributed by atoms with E-state index in [1.54, 1.807) is 6.92 Å². The van der Waals surface area contributed by atoms with Gasteiger partial charge in [-0.25, -0.2) is 4.79 Å². The van der Waals surface area contributed by atoms with Crippen molar-refractivity contribution in [3.05, 3.63) is 83.9 Å². The number of rotatable bonds is 13. The Kier molecular flexibility index (Phi) is 16.4. The van der Waals surface area contributed by atoms with Gasteiger partial charge in [0.15, 0.2) is 0 Å². The van der Waals surface area contributed by atoms with Crippen molar-refractivity contribution >= 4 is 23.9 Å². The summed E-state index contributed by atoms with van der Waals surface area (Å²) in [5, 5.41) is 17.8. The Morgan fingerprint density at radius 2 is 1.72 bits per heavy atom.